The second-order valence-corrected chi connectivity index (χ2v) is 6.71. The lowest BCUT2D eigenvalue weighted by Gasteiger charge is -2.15. The number of alkyl halides is 2. The van der Waals surface area contributed by atoms with E-state index < -0.39 is 36.1 Å². The van der Waals surface area contributed by atoms with Crippen LogP contribution in [0, 0.1) is 5.82 Å². The number of benzene rings is 1. The number of rotatable bonds is 4. The summed E-state index contributed by atoms with van der Waals surface area (Å²) in [5.74, 6) is -0.726. The summed E-state index contributed by atoms with van der Waals surface area (Å²) in [4.78, 5) is 0. The molecule has 0 fully saturated rings. The molecular weight excluding hydrogens is 297 g/mol. The topological polar surface area (TPSA) is 106 Å². The first-order valence-corrected chi connectivity index (χ1v) is 7.18. The first-order valence-electron chi connectivity index (χ1n) is 4.15. The summed E-state index contributed by atoms with van der Waals surface area (Å²) in [6.45, 7) is 0. The van der Waals surface area contributed by atoms with Crippen LogP contribution in [0.3, 0.4) is 0 Å². The maximum absolute atomic E-state index is 13.0. The summed E-state index contributed by atoms with van der Waals surface area (Å²) in [7, 11) is -11.2. The average molecular weight is 304 g/mol. The van der Waals surface area contributed by atoms with Crippen LogP contribution in [-0.2, 0) is 20.0 Å². The van der Waals surface area contributed by atoms with Gasteiger partial charge in [0.15, 0.2) is 0 Å². The fourth-order valence-corrected chi connectivity index (χ4v) is 2.80. The van der Waals surface area contributed by atoms with E-state index in [-0.39, 0.29) is 0 Å². The Morgan fingerprint density at radius 3 is 1.89 bits per heavy atom. The van der Waals surface area contributed by atoms with Crippen molar-refractivity contribution in [1.82, 2.24) is 0 Å². The molecule has 6 nitrogen and oxygen atoms in total. The summed E-state index contributed by atoms with van der Waals surface area (Å²) in [5.41, 5.74) is -0.431. The van der Waals surface area contributed by atoms with Gasteiger partial charge >= 0.3 is 14.6 Å². The predicted octanol–water partition coefficient (Wildman–Crippen LogP) is 0.406. The fraction of sp³-hybridized carbons (Fsp3) is 0.143. The zero-order chi connectivity index (χ0) is 14.2. The molecule has 1 aromatic carbocycles. The second kappa shape index (κ2) is 4.40. The molecule has 0 amide bonds. The van der Waals surface area contributed by atoms with Crippen LogP contribution in [0.1, 0.15) is 0 Å². The number of halogens is 3. The van der Waals surface area contributed by atoms with Crippen LogP contribution in [0.5, 0.6) is 0 Å². The van der Waals surface area contributed by atoms with Crippen LogP contribution >= 0.6 is 0 Å². The Morgan fingerprint density at radius 1 is 1.06 bits per heavy atom. The Hall–Kier alpha value is -1.33. The third-order valence-corrected chi connectivity index (χ3v) is 4.89. The molecule has 0 aliphatic heterocycles. The zero-order valence-electron chi connectivity index (χ0n) is 8.47. The molecule has 0 atom stereocenters. The first kappa shape index (κ1) is 14.7. The highest BCUT2D eigenvalue weighted by atomic mass is 32.3. The van der Waals surface area contributed by atoms with Crippen molar-refractivity contribution in [3.8, 4) is 0 Å². The van der Waals surface area contributed by atoms with Crippen LogP contribution < -0.4 is 9.86 Å². The molecule has 0 aromatic heterocycles. The highest BCUT2D eigenvalue weighted by molar-refractivity contribution is 8.09. The molecule has 11 heteroatoms. The van der Waals surface area contributed by atoms with Crippen molar-refractivity contribution >= 4 is 25.7 Å². The van der Waals surface area contributed by atoms with E-state index in [0.717, 1.165) is 24.3 Å². The number of primary sulfonamides is 1. The smallest absolute Gasteiger partial charge is 0.278 e. The molecule has 102 valence electrons. The third kappa shape index (κ3) is 2.73. The summed E-state index contributed by atoms with van der Waals surface area (Å²) >= 11 is 0. The molecule has 0 aliphatic carbocycles. The molecule has 0 unspecified atom stereocenters. The van der Waals surface area contributed by atoms with Gasteiger partial charge in [-0.25, -0.2) is 17.9 Å². The van der Waals surface area contributed by atoms with Crippen molar-refractivity contribution in [1.29, 1.82) is 0 Å². The average Bonchev–Trinajstić information content (AvgIpc) is 2.19. The molecule has 0 bridgehead atoms. The van der Waals surface area contributed by atoms with Crippen LogP contribution in [-0.4, -0.2) is 21.4 Å². The van der Waals surface area contributed by atoms with Gasteiger partial charge in [0, 0.05) is 5.69 Å². The molecule has 1 aromatic rings. The molecule has 0 radical (unpaired) electrons. The molecule has 0 heterocycles. The Morgan fingerprint density at radius 2 is 1.50 bits per heavy atom. The summed E-state index contributed by atoms with van der Waals surface area (Å²) in [6, 6.07) is 3.28. The molecule has 0 saturated heterocycles. The van der Waals surface area contributed by atoms with Gasteiger partial charge < -0.3 is 0 Å². The highest BCUT2D eigenvalue weighted by Crippen LogP contribution is 2.28. The molecule has 1 rings (SSSR count). The molecule has 0 spiro atoms. The minimum Gasteiger partial charge on any atom is -0.278 e. The van der Waals surface area contributed by atoms with Gasteiger partial charge in [-0.3, -0.25) is 4.72 Å². The van der Waals surface area contributed by atoms with Gasteiger partial charge in [-0.2, -0.15) is 17.2 Å². The van der Waals surface area contributed by atoms with Gasteiger partial charge in [-0.15, -0.1) is 0 Å². The van der Waals surface area contributed by atoms with Gasteiger partial charge in [0.05, 0.1) is 0 Å². The predicted molar refractivity (Wildman–Crippen MR) is 57.0 cm³/mol. The fourth-order valence-electron chi connectivity index (χ4n) is 0.885. The van der Waals surface area contributed by atoms with Crippen molar-refractivity contribution < 1.29 is 30.0 Å². The van der Waals surface area contributed by atoms with Crippen molar-refractivity contribution in [2.75, 3.05) is 4.72 Å². The van der Waals surface area contributed by atoms with Crippen molar-refractivity contribution in [2.45, 2.75) is 4.59 Å². The number of sulfonamides is 2. The first-order chi connectivity index (χ1) is 7.97. The van der Waals surface area contributed by atoms with E-state index in [1.54, 1.807) is 0 Å². The number of anilines is 1. The standard InChI is InChI=1S/C7H7F3N2O4S2/c8-5-1-3-6(4-2-5)12-18(15,16)7(9,10)17(11,13)14/h1-4,12H,(H2,11,13,14). The van der Waals surface area contributed by atoms with Gasteiger partial charge in [-0.05, 0) is 24.3 Å². The Bertz CT molecular complexity index is 640. The van der Waals surface area contributed by atoms with Gasteiger partial charge in [-0.1, -0.05) is 0 Å². The monoisotopic (exact) mass is 304 g/mol. The minimum absolute atomic E-state index is 0.431. The van der Waals surface area contributed by atoms with Gasteiger partial charge in [0.1, 0.15) is 5.82 Å². The Kier molecular flexibility index (Phi) is 3.60. The SMILES string of the molecule is NS(=O)(=O)C(F)(F)S(=O)(=O)Nc1ccc(F)cc1. The van der Waals surface area contributed by atoms with E-state index >= 15 is 0 Å². The van der Waals surface area contributed by atoms with E-state index in [2.05, 4.69) is 5.14 Å². The lowest BCUT2D eigenvalue weighted by molar-refractivity contribution is 0.181. The van der Waals surface area contributed by atoms with Crippen molar-refractivity contribution in [3.05, 3.63) is 30.1 Å². The number of hydrogen-bond acceptors (Lipinski definition) is 4. The Balaban J connectivity index is 3.14. The molecular formula is C7H7F3N2O4S2. The van der Waals surface area contributed by atoms with Crippen LogP contribution in [0.4, 0.5) is 18.9 Å². The molecule has 3 N–H and O–H groups in total. The second-order valence-electron chi connectivity index (χ2n) is 3.12. The summed E-state index contributed by atoms with van der Waals surface area (Å²) in [5, 5.41) is 4.12. The van der Waals surface area contributed by atoms with E-state index in [0.29, 0.717) is 0 Å². The van der Waals surface area contributed by atoms with Crippen LogP contribution in [0.15, 0.2) is 24.3 Å². The van der Waals surface area contributed by atoms with Gasteiger partial charge in [0.25, 0.3) is 10.0 Å². The van der Waals surface area contributed by atoms with Crippen LogP contribution in [0.2, 0.25) is 0 Å². The van der Waals surface area contributed by atoms with Crippen molar-refractivity contribution in [3.63, 3.8) is 0 Å². The molecule has 18 heavy (non-hydrogen) atoms. The van der Waals surface area contributed by atoms with Gasteiger partial charge in [0.2, 0.25) is 0 Å². The maximum Gasteiger partial charge on any atom is 0.477 e. The lowest BCUT2D eigenvalue weighted by Crippen LogP contribution is -2.45. The van der Waals surface area contributed by atoms with Crippen LogP contribution in [0.25, 0.3) is 0 Å². The summed E-state index contributed by atoms with van der Waals surface area (Å²) in [6.07, 6.45) is 0. The number of hydrogen-bond donors (Lipinski definition) is 2. The van der Waals surface area contributed by atoms with E-state index in [9.17, 15) is 30.0 Å². The molecule has 0 saturated carbocycles. The lowest BCUT2D eigenvalue weighted by atomic mass is 10.3. The number of nitrogens with two attached hydrogens (primary N) is 1. The molecule has 0 aliphatic rings. The van der Waals surface area contributed by atoms with E-state index in [1.807, 2.05) is 0 Å². The third-order valence-electron chi connectivity index (χ3n) is 1.74. The quantitative estimate of drug-likeness (QED) is 0.840. The zero-order valence-corrected chi connectivity index (χ0v) is 10.1. The summed E-state index contributed by atoms with van der Waals surface area (Å²) < 4.78 is 77.9. The number of nitrogens with one attached hydrogen (secondary N) is 1. The largest absolute Gasteiger partial charge is 0.477 e. The Labute approximate surface area is 101 Å². The highest BCUT2D eigenvalue weighted by Gasteiger charge is 2.56. The minimum atomic E-state index is -5.65. The maximum atomic E-state index is 13.0. The van der Waals surface area contributed by atoms with E-state index in [1.165, 1.54) is 4.72 Å². The van der Waals surface area contributed by atoms with Crippen molar-refractivity contribution in [2.24, 2.45) is 5.14 Å². The normalized spacial score (nSPS) is 13.3. The van der Waals surface area contributed by atoms with E-state index in [4.69, 9.17) is 0 Å².